The lowest BCUT2D eigenvalue weighted by atomic mass is 9.97. The molecule has 0 aromatic carbocycles. The van der Waals surface area contributed by atoms with Gasteiger partial charge in [-0.05, 0) is 12.8 Å². The number of imidazole rings is 1. The average molecular weight is 349 g/mol. The Morgan fingerprint density at radius 1 is 1.24 bits per heavy atom. The van der Waals surface area contributed by atoms with E-state index in [1.165, 1.54) is 27.4 Å². The van der Waals surface area contributed by atoms with Crippen LogP contribution in [0.3, 0.4) is 0 Å². The standard InChI is InChI=1S/C15H19N5O5/c1-17-8-16-12-11(17)13(22)20(15(25)18(12)2)7-10(21)19-5-3-9(4-6-19)14(23)24/h8-9H,3-7H2,1-2H3,(H,23,24). The van der Waals surface area contributed by atoms with E-state index in [1.807, 2.05) is 0 Å². The van der Waals surface area contributed by atoms with Crippen molar-refractivity contribution in [3.05, 3.63) is 27.2 Å². The molecule has 2 aromatic rings. The fourth-order valence-electron chi connectivity index (χ4n) is 3.15. The number of nitrogens with zero attached hydrogens (tertiary/aromatic N) is 5. The molecule has 0 atom stereocenters. The molecule has 0 aliphatic carbocycles. The van der Waals surface area contributed by atoms with Crippen LogP contribution in [0.25, 0.3) is 11.2 Å². The normalized spacial score (nSPS) is 15.7. The number of aryl methyl sites for hydroxylation is 2. The predicted octanol–water partition coefficient (Wildman–Crippen LogP) is -1.24. The van der Waals surface area contributed by atoms with Crippen LogP contribution in [0.1, 0.15) is 12.8 Å². The molecule has 0 spiro atoms. The highest BCUT2D eigenvalue weighted by Gasteiger charge is 2.28. The lowest BCUT2D eigenvalue weighted by Gasteiger charge is -2.30. The highest BCUT2D eigenvalue weighted by molar-refractivity contribution is 5.77. The molecule has 0 bridgehead atoms. The molecule has 0 unspecified atom stereocenters. The van der Waals surface area contributed by atoms with Crippen LogP contribution in [-0.4, -0.2) is 53.7 Å². The first-order valence-electron chi connectivity index (χ1n) is 7.92. The number of piperidine rings is 1. The van der Waals surface area contributed by atoms with E-state index in [9.17, 15) is 19.2 Å². The Kier molecular flexibility index (Phi) is 4.19. The van der Waals surface area contributed by atoms with Crippen molar-refractivity contribution in [1.29, 1.82) is 0 Å². The van der Waals surface area contributed by atoms with E-state index in [4.69, 9.17) is 5.11 Å². The van der Waals surface area contributed by atoms with Gasteiger partial charge in [-0.25, -0.2) is 14.3 Å². The third kappa shape index (κ3) is 2.83. The zero-order chi connectivity index (χ0) is 18.3. The number of carbonyl (C=O) groups excluding carboxylic acids is 1. The SMILES string of the molecule is Cn1cnc2c1c(=O)n(CC(=O)N1CCC(C(=O)O)CC1)c(=O)n2C. The largest absolute Gasteiger partial charge is 0.481 e. The summed E-state index contributed by atoms with van der Waals surface area (Å²) < 4.78 is 3.65. The van der Waals surface area contributed by atoms with Crippen molar-refractivity contribution < 1.29 is 14.7 Å². The molecule has 3 heterocycles. The number of carboxylic acid groups (broad SMARTS) is 1. The predicted molar refractivity (Wildman–Crippen MR) is 87.2 cm³/mol. The number of rotatable bonds is 3. The van der Waals surface area contributed by atoms with Crippen LogP contribution in [0.15, 0.2) is 15.9 Å². The van der Waals surface area contributed by atoms with Gasteiger partial charge in [0.15, 0.2) is 11.2 Å². The second kappa shape index (κ2) is 6.19. The monoisotopic (exact) mass is 349 g/mol. The Morgan fingerprint density at radius 2 is 1.88 bits per heavy atom. The smallest absolute Gasteiger partial charge is 0.332 e. The van der Waals surface area contributed by atoms with Gasteiger partial charge in [0.05, 0.1) is 12.2 Å². The van der Waals surface area contributed by atoms with Gasteiger partial charge in [-0.2, -0.15) is 0 Å². The summed E-state index contributed by atoms with van der Waals surface area (Å²) >= 11 is 0. The van der Waals surface area contributed by atoms with E-state index >= 15 is 0 Å². The first-order valence-corrected chi connectivity index (χ1v) is 7.92. The third-order valence-electron chi connectivity index (χ3n) is 4.69. The zero-order valence-corrected chi connectivity index (χ0v) is 14.0. The molecule has 1 fully saturated rings. The number of fused-ring (bicyclic) bond motifs is 1. The Labute approximate surface area is 141 Å². The third-order valence-corrected chi connectivity index (χ3v) is 4.69. The molecule has 1 amide bonds. The lowest BCUT2D eigenvalue weighted by molar-refractivity contribution is -0.145. The van der Waals surface area contributed by atoms with E-state index in [1.54, 1.807) is 7.05 Å². The van der Waals surface area contributed by atoms with Gasteiger partial charge in [0.2, 0.25) is 5.91 Å². The van der Waals surface area contributed by atoms with Crippen molar-refractivity contribution in [3.63, 3.8) is 0 Å². The van der Waals surface area contributed by atoms with Gasteiger partial charge in [0.1, 0.15) is 6.54 Å². The number of hydrogen-bond donors (Lipinski definition) is 1. The van der Waals surface area contributed by atoms with Crippen LogP contribution in [0.2, 0.25) is 0 Å². The van der Waals surface area contributed by atoms with Gasteiger partial charge in [0, 0.05) is 27.2 Å². The molecule has 2 aromatic heterocycles. The Bertz CT molecular complexity index is 961. The number of likely N-dealkylation sites (tertiary alicyclic amines) is 1. The topological polar surface area (TPSA) is 119 Å². The molecule has 0 radical (unpaired) electrons. The van der Waals surface area contributed by atoms with E-state index in [0.29, 0.717) is 25.9 Å². The summed E-state index contributed by atoms with van der Waals surface area (Å²) in [5.74, 6) is -1.69. The second-order valence-corrected chi connectivity index (χ2v) is 6.25. The van der Waals surface area contributed by atoms with Crippen LogP contribution in [0.4, 0.5) is 0 Å². The molecule has 10 heteroatoms. The quantitative estimate of drug-likeness (QED) is 0.740. The molecule has 1 aliphatic rings. The number of hydrogen-bond acceptors (Lipinski definition) is 5. The zero-order valence-electron chi connectivity index (χ0n) is 14.0. The Morgan fingerprint density at radius 3 is 2.48 bits per heavy atom. The van der Waals surface area contributed by atoms with E-state index in [2.05, 4.69) is 4.98 Å². The van der Waals surface area contributed by atoms with E-state index in [-0.39, 0.29) is 23.6 Å². The first-order chi connectivity index (χ1) is 11.8. The van der Waals surface area contributed by atoms with E-state index < -0.39 is 23.1 Å². The highest BCUT2D eigenvalue weighted by Crippen LogP contribution is 2.17. The summed E-state index contributed by atoms with van der Waals surface area (Å²) in [4.78, 5) is 54.0. The molecule has 10 nitrogen and oxygen atoms in total. The van der Waals surface area contributed by atoms with Gasteiger partial charge < -0.3 is 14.6 Å². The Hall–Kier alpha value is -2.91. The van der Waals surface area contributed by atoms with Crippen molar-refractivity contribution in [3.8, 4) is 0 Å². The molecule has 1 N–H and O–H groups in total. The molecule has 25 heavy (non-hydrogen) atoms. The van der Waals surface area contributed by atoms with Crippen molar-refractivity contribution in [2.75, 3.05) is 13.1 Å². The van der Waals surface area contributed by atoms with Crippen molar-refractivity contribution in [1.82, 2.24) is 23.6 Å². The second-order valence-electron chi connectivity index (χ2n) is 6.25. The number of carbonyl (C=O) groups is 2. The van der Waals surface area contributed by atoms with Gasteiger partial charge in [0.25, 0.3) is 5.56 Å². The minimum absolute atomic E-state index is 0.250. The molecule has 3 rings (SSSR count). The lowest BCUT2D eigenvalue weighted by Crippen LogP contribution is -2.47. The number of aromatic nitrogens is 4. The van der Waals surface area contributed by atoms with E-state index in [0.717, 1.165) is 4.57 Å². The highest BCUT2D eigenvalue weighted by atomic mass is 16.4. The summed E-state index contributed by atoms with van der Waals surface area (Å²) in [6, 6.07) is 0. The summed E-state index contributed by atoms with van der Waals surface area (Å²) in [7, 11) is 3.14. The molecule has 1 saturated heterocycles. The van der Waals surface area contributed by atoms with Gasteiger partial charge in [-0.3, -0.25) is 19.0 Å². The van der Waals surface area contributed by atoms with Gasteiger partial charge in [-0.1, -0.05) is 0 Å². The fourth-order valence-corrected chi connectivity index (χ4v) is 3.15. The van der Waals surface area contributed by atoms with Crippen LogP contribution in [0, 0.1) is 5.92 Å². The number of amides is 1. The van der Waals surface area contributed by atoms with Crippen LogP contribution in [0.5, 0.6) is 0 Å². The van der Waals surface area contributed by atoms with Gasteiger partial charge >= 0.3 is 11.7 Å². The molecule has 134 valence electrons. The summed E-state index contributed by atoms with van der Waals surface area (Å²) in [6.07, 6.45) is 2.18. The maximum atomic E-state index is 12.6. The summed E-state index contributed by atoms with van der Waals surface area (Å²) in [5, 5.41) is 9.01. The van der Waals surface area contributed by atoms with Crippen molar-refractivity contribution in [2.45, 2.75) is 19.4 Å². The fraction of sp³-hybridized carbons (Fsp3) is 0.533. The maximum Gasteiger partial charge on any atom is 0.332 e. The molecule has 0 saturated carbocycles. The summed E-state index contributed by atoms with van der Waals surface area (Å²) in [6.45, 7) is 0.238. The average Bonchev–Trinajstić information content (AvgIpc) is 2.98. The molecular weight excluding hydrogens is 330 g/mol. The minimum Gasteiger partial charge on any atom is -0.481 e. The Balaban J connectivity index is 1.87. The number of carboxylic acids is 1. The minimum atomic E-state index is -0.862. The van der Waals surface area contributed by atoms with Crippen LogP contribution in [-0.2, 0) is 30.2 Å². The summed E-state index contributed by atoms with van der Waals surface area (Å²) in [5.41, 5.74) is -0.653. The van der Waals surface area contributed by atoms with Crippen LogP contribution < -0.4 is 11.2 Å². The van der Waals surface area contributed by atoms with Crippen molar-refractivity contribution >= 4 is 23.0 Å². The number of aliphatic carboxylic acids is 1. The van der Waals surface area contributed by atoms with Crippen molar-refractivity contribution in [2.24, 2.45) is 20.0 Å². The molecular formula is C15H19N5O5. The van der Waals surface area contributed by atoms with Crippen LogP contribution >= 0.6 is 0 Å². The molecule has 1 aliphatic heterocycles. The first kappa shape index (κ1) is 16.9. The maximum absolute atomic E-state index is 12.6. The van der Waals surface area contributed by atoms with Gasteiger partial charge in [-0.15, -0.1) is 0 Å².